The highest BCUT2D eigenvalue weighted by molar-refractivity contribution is 6.02. The molecular weight excluding hydrogens is 304 g/mol. The zero-order valence-electron chi connectivity index (χ0n) is 13.8. The molecule has 5 nitrogen and oxygen atoms in total. The van der Waals surface area contributed by atoms with Gasteiger partial charge in [0, 0.05) is 11.7 Å². The molecule has 0 aliphatic carbocycles. The number of hydrogen-bond donors (Lipinski definition) is 1. The number of carbonyl (C=O) groups is 2. The number of rotatable bonds is 4. The van der Waals surface area contributed by atoms with Crippen LogP contribution in [0.4, 0.5) is 11.4 Å². The molecule has 0 spiro atoms. The number of anilines is 2. The Morgan fingerprint density at radius 3 is 2.67 bits per heavy atom. The van der Waals surface area contributed by atoms with Gasteiger partial charge in [0.1, 0.15) is 0 Å². The molecule has 2 aromatic carbocycles. The van der Waals surface area contributed by atoms with Gasteiger partial charge in [0.15, 0.2) is 0 Å². The van der Waals surface area contributed by atoms with Gasteiger partial charge in [0.05, 0.1) is 24.9 Å². The van der Waals surface area contributed by atoms with Crippen molar-refractivity contribution in [1.29, 1.82) is 0 Å². The van der Waals surface area contributed by atoms with Gasteiger partial charge in [-0.25, -0.2) is 4.79 Å². The third kappa shape index (κ3) is 3.11. The quantitative estimate of drug-likeness (QED) is 0.879. The first-order valence-corrected chi connectivity index (χ1v) is 7.92. The summed E-state index contributed by atoms with van der Waals surface area (Å²) in [6.45, 7) is 2.35. The monoisotopic (exact) mass is 324 g/mol. The topological polar surface area (TPSA) is 58.6 Å². The highest BCUT2D eigenvalue weighted by Crippen LogP contribution is 2.31. The number of nitrogens with zero attached hydrogens (tertiary/aromatic N) is 1. The lowest BCUT2D eigenvalue weighted by atomic mass is 10.1. The second kappa shape index (κ2) is 6.74. The van der Waals surface area contributed by atoms with Crippen LogP contribution in [0, 0.1) is 0 Å². The van der Waals surface area contributed by atoms with E-state index in [1.807, 2.05) is 18.2 Å². The summed E-state index contributed by atoms with van der Waals surface area (Å²) in [5.41, 5.74) is 3.17. The van der Waals surface area contributed by atoms with Crippen molar-refractivity contribution in [3.8, 4) is 0 Å². The molecule has 24 heavy (non-hydrogen) atoms. The predicted octanol–water partition coefficient (Wildman–Crippen LogP) is 2.86. The predicted molar refractivity (Wildman–Crippen MR) is 93.4 cm³/mol. The summed E-state index contributed by atoms with van der Waals surface area (Å²) in [7, 11) is 1.32. The summed E-state index contributed by atoms with van der Waals surface area (Å²) in [5.74, 6) is -0.624. The molecule has 1 aliphatic heterocycles. The second-order valence-corrected chi connectivity index (χ2v) is 5.90. The number of amides is 1. The van der Waals surface area contributed by atoms with Crippen molar-refractivity contribution < 1.29 is 14.3 Å². The molecule has 0 fully saturated rings. The Balaban J connectivity index is 1.74. The number of benzene rings is 2. The van der Waals surface area contributed by atoms with E-state index in [9.17, 15) is 9.59 Å². The van der Waals surface area contributed by atoms with Crippen molar-refractivity contribution >= 4 is 23.3 Å². The third-order valence-electron chi connectivity index (χ3n) is 4.27. The Morgan fingerprint density at radius 1 is 1.17 bits per heavy atom. The van der Waals surface area contributed by atoms with Crippen molar-refractivity contribution in [2.45, 2.75) is 19.4 Å². The smallest absolute Gasteiger partial charge is 0.339 e. The summed E-state index contributed by atoms with van der Waals surface area (Å²) in [5, 5.41) is 2.82. The molecule has 0 saturated carbocycles. The van der Waals surface area contributed by atoms with Gasteiger partial charge in [-0.1, -0.05) is 30.3 Å². The van der Waals surface area contributed by atoms with Crippen molar-refractivity contribution in [1.82, 2.24) is 0 Å². The van der Waals surface area contributed by atoms with E-state index in [4.69, 9.17) is 4.74 Å². The van der Waals surface area contributed by atoms with Crippen LogP contribution < -0.4 is 10.2 Å². The summed E-state index contributed by atoms with van der Waals surface area (Å²) in [6.07, 6.45) is 0.933. The normalized spacial score (nSPS) is 15.8. The van der Waals surface area contributed by atoms with E-state index in [0.29, 0.717) is 11.3 Å². The molecule has 0 radical (unpaired) electrons. The summed E-state index contributed by atoms with van der Waals surface area (Å²) < 4.78 is 4.75. The van der Waals surface area contributed by atoms with Crippen LogP contribution in [0.15, 0.2) is 48.5 Å². The van der Waals surface area contributed by atoms with E-state index in [2.05, 4.69) is 23.2 Å². The largest absolute Gasteiger partial charge is 0.465 e. The number of fused-ring (bicyclic) bond motifs is 1. The van der Waals surface area contributed by atoms with Crippen molar-refractivity contribution in [2.75, 3.05) is 23.9 Å². The molecule has 1 N–H and O–H groups in total. The number of nitrogens with one attached hydrogen (secondary N) is 1. The average molecular weight is 324 g/mol. The molecule has 0 aromatic heterocycles. The summed E-state index contributed by atoms with van der Waals surface area (Å²) >= 11 is 0. The Bertz CT molecular complexity index is 773. The molecule has 1 aliphatic rings. The molecule has 0 bridgehead atoms. The molecule has 1 heterocycles. The Hall–Kier alpha value is -2.82. The Labute approximate surface area is 141 Å². The molecule has 2 aromatic rings. The number of esters is 1. The van der Waals surface area contributed by atoms with Crippen molar-refractivity contribution in [3.63, 3.8) is 0 Å². The first-order valence-electron chi connectivity index (χ1n) is 7.92. The van der Waals surface area contributed by atoms with Crippen LogP contribution in [-0.2, 0) is 16.0 Å². The Morgan fingerprint density at radius 2 is 1.88 bits per heavy atom. The first kappa shape index (κ1) is 16.1. The van der Waals surface area contributed by atoms with Crippen molar-refractivity contribution in [2.24, 2.45) is 0 Å². The highest BCUT2D eigenvalue weighted by atomic mass is 16.5. The maximum atomic E-state index is 12.5. The number of methoxy groups -OCH3 is 1. The van der Waals surface area contributed by atoms with Gasteiger partial charge in [0.2, 0.25) is 5.91 Å². The number of carbonyl (C=O) groups excluding carboxylic acids is 2. The maximum absolute atomic E-state index is 12.5. The number of hydrogen-bond acceptors (Lipinski definition) is 4. The van der Waals surface area contributed by atoms with Gasteiger partial charge in [-0.2, -0.15) is 0 Å². The minimum Gasteiger partial charge on any atom is -0.465 e. The number of ether oxygens (including phenoxy) is 1. The molecule has 0 saturated heterocycles. The molecule has 1 atom stereocenters. The van der Waals surface area contributed by atoms with Gasteiger partial charge in [-0.15, -0.1) is 0 Å². The van der Waals surface area contributed by atoms with Gasteiger partial charge >= 0.3 is 5.97 Å². The fourth-order valence-corrected chi connectivity index (χ4v) is 3.10. The third-order valence-corrected chi connectivity index (χ3v) is 4.27. The van der Waals surface area contributed by atoms with E-state index < -0.39 is 5.97 Å². The number of para-hydroxylation sites is 2. The van der Waals surface area contributed by atoms with Gasteiger partial charge in [-0.3, -0.25) is 4.79 Å². The van der Waals surface area contributed by atoms with Gasteiger partial charge in [-0.05, 0) is 37.1 Å². The summed E-state index contributed by atoms with van der Waals surface area (Å²) in [4.78, 5) is 26.4. The fourth-order valence-electron chi connectivity index (χ4n) is 3.10. The van der Waals surface area contributed by atoms with Crippen LogP contribution in [0.3, 0.4) is 0 Å². The van der Waals surface area contributed by atoms with E-state index in [-0.39, 0.29) is 18.5 Å². The van der Waals surface area contributed by atoms with Gasteiger partial charge in [0.25, 0.3) is 0 Å². The van der Waals surface area contributed by atoms with Crippen LogP contribution in [0.1, 0.15) is 22.8 Å². The van der Waals surface area contributed by atoms with E-state index in [0.717, 1.165) is 12.1 Å². The van der Waals surface area contributed by atoms with Crippen LogP contribution in [0.2, 0.25) is 0 Å². The molecule has 5 heteroatoms. The SMILES string of the molecule is COC(=O)c1ccccc1NC(=O)CN1c2ccccc2C[C@@H]1C. The van der Waals surface area contributed by atoms with E-state index in [1.54, 1.807) is 24.3 Å². The fraction of sp³-hybridized carbons (Fsp3) is 0.263. The Kier molecular flexibility index (Phi) is 4.51. The minimum atomic E-state index is -0.467. The standard InChI is InChI=1S/C19H20N2O3/c1-13-11-14-7-3-6-10-17(14)21(13)12-18(22)20-16-9-5-4-8-15(16)19(23)24-2/h3-10,13H,11-12H2,1-2H3,(H,20,22)/t13-/m0/s1. The molecule has 0 unspecified atom stereocenters. The zero-order chi connectivity index (χ0) is 17.1. The lowest BCUT2D eigenvalue weighted by Gasteiger charge is -2.24. The van der Waals surface area contributed by atoms with Crippen molar-refractivity contribution in [3.05, 3.63) is 59.7 Å². The van der Waals surface area contributed by atoms with Crippen LogP contribution in [0.25, 0.3) is 0 Å². The first-order chi connectivity index (χ1) is 11.6. The molecule has 1 amide bonds. The van der Waals surface area contributed by atoms with E-state index in [1.165, 1.54) is 12.7 Å². The molecule has 124 valence electrons. The van der Waals surface area contributed by atoms with Crippen LogP contribution >= 0.6 is 0 Å². The lowest BCUT2D eigenvalue weighted by Crippen LogP contribution is -2.37. The maximum Gasteiger partial charge on any atom is 0.339 e. The lowest BCUT2D eigenvalue weighted by molar-refractivity contribution is -0.115. The molecular formula is C19H20N2O3. The minimum absolute atomic E-state index is 0.157. The van der Waals surface area contributed by atoms with E-state index >= 15 is 0 Å². The average Bonchev–Trinajstić information content (AvgIpc) is 2.90. The molecule has 3 rings (SSSR count). The summed E-state index contributed by atoms with van der Waals surface area (Å²) in [6, 6.07) is 15.2. The second-order valence-electron chi connectivity index (χ2n) is 5.90. The zero-order valence-corrected chi connectivity index (χ0v) is 13.8. The van der Waals surface area contributed by atoms with Gasteiger partial charge < -0.3 is 15.0 Å². The van der Waals surface area contributed by atoms with Crippen LogP contribution in [-0.4, -0.2) is 31.6 Å². The highest BCUT2D eigenvalue weighted by Gasteiger charge is 2.27. The van der Waals surface area contributed by atoms with Crippen LogP contribution in [0.5, 0.6) is 0 Å².